The molecule has 6 heterocycles. The molecule has 0 radical (unpaired) electrons. The molecule has 6 aliphatic rings. The zero-order chi connectivity index (χ0) is 40.3. The summed E-state index contributed by atoms with van der Waals surface area (Å²) in [6, 6.07) is 15.9. The molecule has 4 saturated heterocycles. The number of hydrogen-bond donors (Lipinski definition) is 1. The van der Waals surface area contributed by atoms with Crippen molar-refractivity contribution in [3.63, 3.8) is 0 Å². The number of carbonyl (C=O) groups is 6. The molecule has 3 aromatic rings. The molecule has 1 atom stereocenters. The van der Waals surface area contributed by atoms with Crippen molar-refractivity contribution in [2.75, 3.05) is 68.7 Å². The number of piperidine rings is 2. The maximum absolute atomic E-state index is 13.5. The lowest BCUT2D eigenvalue weighted by Crippen LogP contribution is -2.54. The van der Waals surface area contributed by atoms with Crippen LogP contribution in [-0.4, -0.2) is 120 Å². The molecule has 6 amide bonds. The minimum atomic E-state index is -1.02. The SMILES string of the molecule is [C-]#[N+]c1ccc(N2CCC3(CC2)CCN(c2ccc(C(=O)N4CCN(CC(=O)N5Cc6cc7c(cc6C5)C(=O)N(C5CCC(=O)NC5=O)C7=O)CC4)cc2)C3)cc1Cl. The molecule has 0 bridgehead atoms. The quantitative estimate of drug-likeness (QED) is 0.289. The molecular formula is C43H43ClN8O6. The van der Waals surface area contributed by atoms with Gasteiger partial charge in [-0.2, -0.15) is 0 Å². The number of fused-ring (bicyclic) bond motifs is 2. The lowest BCUT2D eigenvalue weighted by atomic mass is 9.77. The van der Waals surface area contributed by atoms with Gasteiger partial charge < -0.3 is 19.6 Å². The van der Waals surface area contributed by atoms with Gasteiger partial charge in [-0.15, -0.1) is 0 Å². The molecule has 1 N–H and O–H groups in total. The normalized spacial score (nSPS) is 21.7. The Kier molecular flexibility index (Phi) is 9.68. The Morgan fingerprint density at radius 3 is 2.00 bits per heavy atom. The number of benzene rings is 3. The number of amides is 6. The van der Waals surface area contributed by atoms with Crippen LogP contribution < -0.4 is 15.1 Å². The van der Waals surface area contributed by atoms with E-state index in [1.54, 1.807) is 23.1 Å². The molecule has 0 saturated carbocycles. The number of anilines is 2. The van der Waals surface area contributed by atoms with Crippen LogP contribution in [0.1, 0.15) is 74.3 Å². The summed E-state index contributed by atoms with van der Waals surface area (Å²) >= 11 is 6.31. The highest BCUT2D eigenvalue weighted by atomic mass is 35.5. The van der Waals surface area contributed by atoms with Crippen LogP contribution in [0.3, 0.4) is 0 Å². The van der Waals surface area contributed by atoms with Crippen LogP contribution >= 0.6 is 11.6 Å². The molecule has 0 aliphatic carbocycles. The van der Waals surface area contributed by atoms with Gasteiger partial charge in [0.1, 0.15) is 6.04 Å². The molecule has 298 valence electrons. The molecule has 15 heteroatoms. The van der Waals surface area contributed by atoms with Gasteiger partial charge in [0.05, 0.1) is 24.2 Å². The van der Waals surface area contributed by atoms with E-state index in [-0.39, 0.29) is 47.7 Å². The Morgan fingerprint density at radius 2 is 1.40 bits per heavy atom. The van der Waals surface area contributed by atoms with Gasteiger partial charge in [0.2, 0.25) is 23.4 Å². The highest BCUT2D eigenvalue weighted by Gasteiger charge is 2.46. The summed E-state index contributed by atoms with van der Waals surface area (Å²) < 4.78 is 0. The van der Waals surface area contributed by atoms with Crippen LogP contribution in [0.15, 0.2) is 54.6 Å². The Morgan fingerprint density at radius 1 is 0.776 bits per heavy atom. The fraction of sp³-hybridized carbons (Fsp3) is 0.419. The molecule has 58 heavy (non-hydrogen) atoms. The first-order chi connectivity index (χ1) is 28.0. The average molecular weight is 803 g/mol. The van der Waals surface area contributed by atoms with E-state index in [1.807, 2.05) is 29.2 Å². The van der Waals surface area contributed by atoms with Crippen LogP contribution in [0, 0.1) is 12.0 Å². The molecule has 1 unspecified atom stereocenters. The Labute approximate surface area is 341 Å². The second-order valence-corrected chi connectivity index (χ2v) is 16.8. The van der Waals surface area contributed by atoms with Crippen LogP contribution in [0.4, 0.5) is 17.1 Å². The second-order valence-electron chi connectivity index (χ2n) is 16.4. The van der Waals surface area contributed by atoms with Gasteiger partial charge in [0.15, 0.2) is 0 Å². The summed E-state index contributed by atoms with van der Waals surface area (Å²) in [4.78, 5) is 92.4. The van der Waals surface area contributed by atoms with E-state index in [2.05, 4.69) is 37.0 Å². The first kappa shape index (κ1) is 37.8. The van der Waals surface area contributed by atoms with E-state index in [4.69, 9.17) is 18.2 Å². The van der Waals surface area contributed by atoms with Crippen molar-refractivity contribution in [2.24, 2.45) is 5.41 Å². The van der Waals surface area contributed by atoms with E-state index in [0.29, 0.717) is 55.5 Å². The Balaban J connectivity index is 0.737. The largest absolute Gasteiger partial charge is 0.372 e. The predicted octanol–water partition coefficient (Wildman–Crippen LogP) is 4.09. The molecular weight excluding hydrogens is 760 g/mol. The maximum atomic E-state index is 13.5. The van der Waals surface area contributed by atoms with Crippen molar-refractivity contribution >= 4 is 64.1 Å². The summed E-state index contributed by atoms with van der Waals surface area (Å²) in [6.07, 6.45) is 3.46. The van der Waals surface area contributed by atoms with Gasteiger partial charge in [-0.05, 0) is 90.8 Å². The maximum Gasteiger partial charge on any atom is 0.262 e. The van der Waals surface area contributed by atoms with Crippen molar-refractivity contribution in [2.45, 2.75) is 51.2 Å². The van der Waals surface area contributed by atoms with Crippen molar-refractivity contribution in [3.05, 3.63) is 98.9 Å². The lowest BCUT2D eigenvalue weighted by Gasteiger charge is -2.40. The predicted molar refractivity (Wildman–Crippen MR) is 215 cm³/mol. The number of carbonyl (C=O) groups excluding carboxylic acids is 6. The van der Waals surface area contributed by atoms with Crippen LogP contribution in [-0.2, 0) is 27.5 Å². The molecule has 14 nitrogen and oxygen atoms in total. The zero-order valence-corrected chi connectivity index (χ0v) is 32.8. The highest BCUT2D eigenvalue weighted by molar-refractivity contribution is 6.33. The molecule has 4 fully saturated rings. The third kappa shape index (κ3) is 6.86. The van der Waals surface area contributed by atoms with E-state index >= 15 is 0 Å². The lowest BCUT2D eigenvalue weighted by molar-refractivity contribution is -0.136. The standard InChI is InChI=1S/C43H43ClN8O6/c1-45-35-7-6-31(22-34(35)44)48-13-10-43(11-14-48)12-15-50(26-43)30-4-2-27(3-5-30)40(56)49-18-16-47(17-19-49)25-38(54)51-23-28-20-32-33(21-29(28)24-51)42(58)52(41(32)57)36-8-9-37(53)46-39(36)55/h2-7,20-22,36H,8-19,23-26H2,(H,46,53,55). The van der Waals surface area contributed by atoms with E-state index in [9.17, 15) is 28.8 Å². The van der Waals surface area contributed by atoms with Crippen molar-refractivity contribution < 1.29 is 28.8 Å². The summed E-state index contributed by atoms with van der Waals surface area (Å²) in [7, 11) is 0. The van der Waals surface area contributed by atoms with E-state index < -0.39 is 29.7 Å². The van der Waals surface area contributed by atoms with Crippen molar-refractivity contribution in [1.29, 1.82) is 0 Å². The van der Waals surface area contributed by atoms with Gasteiger partial charge in [0.25, 0.3) is 17.7 Å². The third-order valence-corrected chi connectivity index (χ3v) is 13.3. The summed E-state index contributed by atoms with van der Waals surface area (Å²) in [5.41, 5.74) is 5.59. The molecule has 3 aromatic carbocycles. The van der Waals surface area contributed by atoms with Gasteiger partial charge in [-0.1, -0.05) is 17.7 Å². The van der Waals surface area contributed by atoms with Crippen LogP contribution in [0.2, 0.25) is 5.02 Å². The third-order valence-electron chi connectivity index (χ3n) is 13.0. The Hall–Kier alpha value is -5.78. The molecule has 9 rings (SSSR count). The van der Waals surface area contributed by atoms with Gasteiger partial charge in [0, 0.05) is 93.8 Å². The fourth-order valence-corrected chi connectivity index (χ4v) is 9.75. The van der Waals surface area contributed by atoms with Crippen LogP contribution in [0.5, 0.6) is 0 Å². The minimum absolute atomic E-state index is 0.0179. The first-order valence-electron chi connectivity index (χ1n) is 19.9. The van der Waals surface area contributed by atoms with E-state index in [1.165, 1.54) is 0 Å². The molecule has 6 aliphatic heterocycles. The average Bonchev–Trinajstić information content (AvgIpc) is 3.91. The first-order valence-corrected chi connectivity index (χ1v) is 20.3. The number of imide groups is 2. The number of nitrogens with one attached hydrogen (secondary N) is 1. The van der Waals surface area contributed by atoms with Crippen LogP contribution in [0.25, 0.3) is 4.85 Å². The smallest absolute Gasteiger partial charge is 0.262 e. The van der Waals surface area contributed by atoms with Crippen molar-refractivity contribution in [3.8, 4) is 0 Å². The number of rotatable bonds is 6. The minimum Gasteiger partial charge on any atom is -0.372 e. The zero-order valence-electron chi connectivity index (χ0n) is 32.0. The Bertz CT molecular complexity index is 2250. The molecule has 0 aromatic heterocycles. The topological polar surface area (TPSA) is 138 Å². The van der Waals surface area contributed by atoms with Crippen molar-refractivity contribution in [1.82, 2.24) is 24.9 Å². The van der Waals surface area contributed by atoms with Gasteiger partial charge >= 0.3 is 0 Å². The summed E-state index contributed by atoms with van der Waals surface area (Å²) in [6.45, 7) is 14.1. The number of hydrogen-bond acceptors (Lipinski definition) is 9. The monoisotopic (exact) mass is 802 g/mol. The summed E-state index contributed by atoms with van der Waals surface area (Å²) in [5, 5.41) is 2.71. The van der Waals surface area contributed by atoms with E-state index in [0.717, 1.165) is 72.8 Å². The van der Waals surface area contributed by atoms with Gasteiger partial charge in [-0.25, -0.2) is 4.85 Å². The fourth-order valence-electron chi connectivity index (χ4n) is 9.53. The number of halogens is 1. The number of nitrogens with zero attached hydrogens (tertiary/aromatic N) is 7. The summed E-state index contributed by atoms with van der Waals surface area (Å²) in [5.74, 6) is -2.28. The second kappa shape index (κ2) is 14.9. The highest BCUT2D eigenvalue weighted by Crippen LogP contribution is 2.43. The molecule has 1 spiro atoms. The van der Waals surface area contributed by atoms with Gasteiger partial charge in [-0.3, -0.25) is 43.9 Å². The number of piperazine rings is 1.